The lowest BCUT2D eigenvalue weighted by Gasteiger charge is -2.37. The molecule has 0 saturated heterocycles. The zero-order chi connectivity index (χ0) is 39.3. The lowest BCUT2D eigenvalue weighted by Crippen LogP contribution is -2.49. The number of rotatable bonds is 22. The first-order valence-electron chi connectivity index (χ1n) is 17.2. The molecule has 21 heteroatoms. The molecule has 3 aromatic rings. The minimum atomic E-state index is -3.64. The van der Waals surface area contributed by atoms with Crippen LogP contribution >= 0.6 is 7.82 Å². The summed E-state index contributed by atoms with van der Waals surface area (Å²) in [5, 5.41) is 25.9. The van der Waals surface area contributed by atoms with E-state index in [4.69, 9.17) is 23.4 Å². The zero-order valence-corrected chi connectivity index (χ0v) is 30.5. The molecule has 1 aromatic carbocycles. The second-order valence-electron chi connectivity index (χ2n) is 12.0. The zero-order valence-electron chi connectivity index (χ0n) is 29.6. The highest BCUT2D eigenvalue weighted by Gasteiger charge is 2.52. The summed E-state index contributed by atoms with van der Waals surface area (Å²) < 4.78 is 33.1. The maximum absolute atomic E-state index is 13.3. The minimum absolute atomic E-state index is 0.00233. The summed E-state index contributed by atoms with van der Waals surface area (Å²) in [6, 6.07) is 4.66. The van der Waals surface area contributed by atoms with Gasteiger partial charge in [-0.25, -0.2) is 19.3 Å². The van der Waals surface area contributed by atoms with Crippen molar-refractivity contribution in [3.8, 4) is 0 Å². The van der Waals surface area contributed by atoms with E-state index in [0.29, 0.717) is 30.6 Å². The molecule has 1 fully saturated rings. The van der Waals surface area contributed by atoms with E-state index in [1.165, 1.54) is 18.3 Å². The number of hydrogen-bond acceptors (Lipinski definition) is 15. The van der Waals surface area contributed by atoms with Crippen molar-refractivity contribution in [1.29, 1.82) is 0 Å². The third kappa shape index (κ3) is 11.1. The van der Waals surface area contributed by atoms with Crippen LogP contribution in [0, 0.1) is 5.41 Å². The highest BCUT2D eigenvalue weighted by Crippen LogP contribution is 2.49. The SMILES string of the molecule is CCOP(=O)(OCC)OCCCCOC(=O)C1(C(=O)Nc2nc3ncc(CNc4ccc(C(=O)NC(CCC(=O)O)C(=O)O)cc4)nc3c(=O)[nH]2)CCC1. The number of H-pyrrole nitrogens is 1. The van der Waals surface area contributed by atoms with Crippen molar-refractivity contribution < 1.29 is 57.1 Å². The van der Waals surface area contributed by atoms with Crippen molar-refractivity contribution in [2.24, 2.45) is 5.41 Å². The third-order valence-corrected chi connectivity index (χ3v) is 9.85. The Kier molecular flexibility index (Phi) is 14.7. The van der Waals surface area contributed by atoms with E-state index in [-0.39, 0.29) is 74.9 Å². The maximum Gasteiger partial charge on any atom is 0.474 e. The summed E-state index contributed by atoms with van der Waals surface area (Å²) in [6.07, 6.45) is 2.56. The highest BCUT2D eigenvalue weighted by atomic mass is 31.2. The minimum Gasteiger partial charge on any atom is -0.481 e. The Morgan fingerprint density at radius 1 is 0.981 bits per heavy atom. The summed E-state index contributed by atoms with van der Waals surface area (Å²) in [4.78, 5) is 89.0. The largest absolute Gasteiger partial charge is 0.481 e. The smallest absolute Gasteiger partial charge is 0.474 e. The number of aromatic nitrogens is 4. The number of phosphoric acid groups is 1. The van der Waals surface area contributed by atoms with E-state index in [1.54, 1.807) is 26.0 Å². The molecule has 20 nitrogen and oxygen atoms in total. The van der Waals surface area contributed by atoms with Gasteiger partial charge in [0, 0.05) is 17.7 Å². The van der Waals surface area contributed by atoms with Crippen molar-refractivity contribution in [2.45, 2.75) is 71.4 Å². The number of nitrogens with one attached hydrogen (secondary N) is 4. The van der Waals surface area contributed by atoms with E-state index in [2.05, 4.69) is 35.9 Å². The number of carbonyl (C=O) groups is 5. The molecule has 1 atom stereocenters. The van der Waals surface area contributed by atoms with Crippen LogP contribution in [0.5, 0.6) is 0 Å². The number of phosphoric ester groups is 1. The van der Waals surface area contributed by atoms with Crippen LogP contribution in [-0.2, 0) is 48.6 Å². The van der Waals surface area contributed by atoms with Crippen LogP contribution in [0.25, 0.3) is 11.2 Å². The molecule has 2 amide bonds. The molecule has 0 bridgehead atoms. The molecule has 1 unspecified atom stereocenters. The van der Waals surface area contributed by atoms with Gasteiger partial charge in [0.15, 0.2) is 11.2 Å². The number of benzene rings is 1. The molecule has 1 aliphatic carbocycles. The number of carbonyl (C=O) groups excluding carboxylic acids is 3. The highest BCUT2D eigenvalue weighted by molar-refractivity contribution is 7.48. The Labute approximate surface area is 308 Å². The fourth-order valence-electron chi connectivity index (χ4n) is 5.19. The number of carboxylic acid groups (broad SMARTS) is 2. The number of amides is 2. The molecular weight excluding hydrogens is 733 g/mol. The second-order valence-corrected chi connectivity index (χ2v) is 13.7. The Bertz CT molecular complexity index is 1930. The number of aliphatic carboxylic acids is 2. The van der Waals surface area contributed by atoms with E-state index < -0.39 is 61.0 Å². The van der Waals surface area contributed by atoms with Crippen LogP contribution in [0.3, 0.4) is 0 Å². The van der Waals surface area contributed by atoms with Crippen LogP contribution in [0.4, 0.5) is 11.6 Å². The molecule has 292 valence electrons. The van der Waals surface area contributed by atoms with Crippen LogP contribution in [0.15, 0.2) is 35.3 Å². The molecule has 6 N–H and O–H groups in total. The first kappa shape index (κ1) is 41.5. The van der Waals surface area contributed by atoms with Crippen molar-refractivity contribution >= 4 is 60.3 Å². The summed E-state index contributed by atoms with van der Waals surface area (Å²) >= 11 is 0. The van der Waals surface area contributed by atoms with Crippen LogP contribution < -0.4 is 21.5 Å². The first-order valence-corrected chi connectivity index (χ1v) is 18.6. The van der Waals surface area contributed by atoms with Crippen LogP contribution in [0.2, 0.25) is 0 Å². The van der Waals surface area contributed by atoms with Gasteiger partial charge in [-0.1, -0.05) is 6.42 Å². The van der Waals surface area contributed by atoms with Gasteiger partial charge in [0.1, 0.15) is 11.5 Å². The normalized spacial score (nSPS) is 14.0. The number of carboxylic acids is 2. The van der Waals surface area contributed by atoms with Crippen molar-refractivity contribution in [2.75, 3.05) is 37.1 Å². The van der Waals surface area contributed by atoms with Gasteiger partial charge in [-0.2, -0.15) is 4.98 Å². The summed E-state index contributed by atoms with van der Waals surface area (Å²) in [5.74, 6) is -4.83. The fourth-order valence-corrected chi connectivity index (χ4v) is 6.40. The average Bonchev–Trinajstić information content (AvgIpc) is 3.10. The maximum atomic E-state index is 13.3. The van der Waals surface area contributed by atoms with Gasteiger partial charge in [-0.15, -0.1) is 0 Å². The fraction of sp³-hybridized carbons (Fsp3) is 0.485. The number of aromatic amines is 1. The molecule has 0 radical (unpaired) electrons. The molecule has 1 saturated carbocycles. The number of esters is 1. The number of nitrogens with zero attached hydrogens (tertiary/aromatic N) is 3. The first-order chi connectivity index (χ1) is 25.8. The van der Waals surface area contributed by atoms with Gasteiger partial charge in [0.25, 0.3) is 11.5 Å². The molecule has 2 heterocycles. The number of anilines is 2. The van der Waals surface area contributed by atoms with Gasteiger partial charge in [-0.3, -0.25) is 47.8 Å². The lowest BCUT2D eigenvalue weighted by molar-refractivity contribution is -0.166. The van der Waals surface area contributed by atoms with Gasteiger partial charge >= 0.3 is 25.7 Å². The molecular formula is C33H42N7O13P. The lowest BCUT2D eigenvalue weighted by atomic mass is 9.68. The number of ether oxygens (including phenoxy) is 1. The summed E-state index contributed by atoms with van der Waals surface area (Å²) in [5.41, 5.74) is -1.22. The quantitative estimate of drug-likeness (QED) is 0.0370. The van der Waals surface area contributed by atoms with Gasteiger partial charge < -0.3 is 25.6 Å². The van der Waals surface area contributed by atoms with E-state index in [1.807, 2.05) is 0 Å². The molecule has 0 spiro atoms. The topological polar surface area (TPSA) is 287 Å². The molecule has 2 aromatic heterocycles. The number of fused-ring (bicyclic) bond motifs is 1. The predicted octanol–water partition coefficient (Wildman–Crippen LogP) is 3.00. The van der Waals surface area contributed by atoms with Gasteiger partial charge in [0.05, 0.1) is 44.9 Å². The Morgan fingerprint density at radius 2 is 1.67 bits per heavy atom. The van der Waals surface area contributed by atoms with Crippen molar-refractivity contribution in [3.05, 3.63) is 52.1 Å². The number of hydrogen-bond donors (Lipinski definition) is 6. The van der Waals surface area contributed by atoms with Gasteiger partial charge in [-0.05, 0) is 70.2 Å². The van der Waals surface area contributed by atoms with E-state index >= 15 is 0 Å². The van der Waals surface area contributed by atoms with E-state index in [0.717, 1.165) is 0 Å². The van der Waals surface area contributed by atoms with Crippen molar-refractivity contribution in [3.63, 3.8) is 0 Å². The van der Waals surface area contributed by atoms with Crippen molar-refractivity contribution in [1.82, 2.24) is 25.3 Å². The van der Waals surface area contributed by atoms with Crippen LogP contribution in [0.1, 0.15) is 74.8 Å². The Balaban J connectivity index is 1.29. The summed E-state index contributed by atoms with van der Waals surface area (Å²) in [6.45, 7) is 3.80. The monoisotopic (exact) mass is 775 g/mol. The third-order valence-electron chi connectivity index (χ3n) is 8.20. The predicted molar refractivity (Wildman–Crippen MR) is 189 cm³/mol. The number of unbranched alkanes of at least 4 members (excludes halogenated alkanes) is 1. The Hall–Kier alpha value is -5.30. The molecule has 4 rings (SSSR count). The standard InChI is InChI=1S/C33H42N7O13P/c1-3-51-54(49,52-4-2)53-17-6-5-16-50-31(48)33(14-7-15-33)30(47)40-32-38-26-25(28(44)39-32)36-22(19-35-26)18-34-21-10-8-20(9-11-21)27(43)37-23(29(45)46)12-13-24(41)42/h8-11,19,23,34H,3-7,12-18H2,1-2H3,(H,37,43)(H,41,42)(H,45,46)(H2,35,38,39,40,44,47). The van der Waals surface area contributed by atoms with Gasteiger partial charge in [0.2, 0.25) is 11.9 Å². The Morgan fingerprint density at radius 3 is 2.28 bits per heavy atom. The van der Waals surface area contributed by atoms with Crippen LogP contribution in [-0.4, -0.2) is 92.3 Å². The average molecular weight is 776 g/mol. The molecule has 54 heavy (non-hydrogen) atoms. The summed E-state index contributed by atoms with van der Waals surface area (Å²) in [7, 11) is -3.64. The molecule has 1 aliphatic rings. The van der Waals surface area contributed by atoms with E-state index in [9.17, 15) is 38.4 Å². The second kappa shape index (κ2) is 19.2. The molecule has 0 aliphatic heterocycles.